The Bertz CT molecular complexity index is 923. The van der Waals surface area contributed by atoms with Gasteiger partial charge in [-0.15, -0.1) is 37.1 Å². The van der Waals surface area contributed by atoms with E-state index in [0.717, 1.165) is 11.8 Å². The molecule has 3 heteroatoms. The summed E-state index contributed by atoms with van der Waals surface area (Å²) in [5, 5.41) is 3.03. The van der Waals surface area contributed by atoms with Crippen LogP contribution in [0.4, 0.5) is 0 Å². The van der Waals surface area contributed by atoms with Crippen molar-refractivity contribution in [1.29, 1.82) is 0 Å². The molecule has 0 aliphatic heterocycles. The van der Waals surface area contributed by atoms with Crippen molar-refractivity contribution in [2.24, 2.45) is 11.8 Å². The Morgan fingerprint density at radius 1 is 0.667 bits per heavy atom. The molecule has 0 aromatic heterocycles. The van der Waals surface area contributed by atoms with Gasteiger partial charge >= 0.3 is 99.8 Å². The second kappa shape index (κ2) is 14.1. The SMILES string of the molecule is C1=CCC2CC[CH-]C2=C1.C1=CCC2CC[CH-]C2=C1.[Cl-].[Zr]=[Si](c1ccccc1)c1ccccc1. The molecule has 0 spiro atoms. The molecule has 0 heterocycles. The zero-order valence-corrected chi connectivity index (χ0v) is 23.4. The van der Waals surface area contributed by atoms with Crippen molar-refractivity contribution in [2.75, 3.05) is 0 Å². The monoisotopic (exact) mass is 545 g/mol. The molecule has 0 nitrogen and oxygen atoms in total. The van der Waals surface area contributed by atoms with Crippen molar-refractivity contribution in [1.82, 2.24) is 0 Å². The molecule has 2 atom stereocenters. The van der Waals surface area contributed by atoms with Crippen LogP contribution < -0.4 is 22.8 Å². The Morgan fingerprint density at radius 2 is 1.09 bits per heavy atom. The van der Waals surface area contributed by atoms with Gasteiger partial charge in [0.1, 0.15) is 0 Å². The molecule has 2 unspecified atom stereocenters. The second-order valence-electron chi connectivity index (χ2n) is 8.72. The molecule has 170 valence electrons. The van der Waals surface area contributed by atoms with E-state index in [1.54, 1.807) is 34.5 Å². The molecule has 4 aliphatic carbocycles. The van der Waals surface area contributed by atoms with E-state index in [2.05, 4.69) is 110 Å². The van der Waals surface area contributed by atoms with Gasteiger partial charge in [0.15, 0.2) is 0 Å². The van der Waals surface area contributed by atoms with Crippen LogP contribution in [0.5, 0.6) is 0 Å². The van der Waals surface area contributed by atoms with E-state index in [0.29, 0.717) is 0 Å². The predicted molar refractivity (Wildman–Crippen MR) is 136 cm³/mol. The van der Waals surface area contributed by atoms with Crippen molar-refractivity contribution in [3.63, 3.8) is 0 Å². The van der Waals surface area contributed by atoms with Crippen LogP contribution in [0.3, 0.4) is 0 Å². The molecule has 0 radical (unpaired) electrons. The van der Waals surface area contributed by atoms with Crippen molar-refractivity contribution < 1.29 is 35.7 Å². The number of benzene rings is 2. The third-order valence-electron chi connectivity index (χ3n) is 6.55. The summed E-state index contributed by atoms with van der Waals surface area (Å²) in [5.41, 5.74) is 2.71. The van der Waals surface area contributed by atoms with Crippen molar-refractivity contribution in [2.45, 2.75) is 38.5 Å². The Hall–Kier alpha value is -1.47. The van der Waals surface area contributed by atoms with E-state index in [1.807, 2.05) is 0 Å². The van der Waals surface area contributed by atoms with Gasteiger partial charge in [-0.05, 0) is 24.7 Å². The summed E-state index contributed by atoms with van der Waals surface area (Å²) in [6.07, 6.45) is 26.1. The van der Waals surface area contributed by atoms with Gasteiger partial charge in [-0.1, -0.05) is 12.8 Å². The molecule has 2 saturated carbocycles. The fourth-order valence-electron chi connectivity index (χ4n) is 4.71. The first-order chi connectivity index (χ1) is 15.8. The fourth-order valence-corrected chi connectivity index (χ4v) is 8.55. The summed E-state index contributed by atoms with van der Waals surface area (Å²) < 4.78 is 0. The van der Waals surface area contributed by atoms with E-state index in [1.165, 1.54) is 48.9 Å². The quantitative estimate of drug-likeness (QED) is 0.400. The molecular weight excluding hydrogens is 515 g/mol. The number of rotatable bonds is 2. The zero-order valence-electron chi connectivity index (χ0n) is 19.2. The predicted octanol–water partition coefficient (Wildman–Crippen LogP) is 3.32. The fraction of sp³-hybridized carbons (Fsp3) is 0.267. The summed E-state index contributed by atoms with van der Waals surface area (Å²) in [7, 11) is 0. The number of hydrogen-bond donors (Lipinski definition) is 0. The van der Waals surface area contributed by atoms with Gasteiger partial charge < -0.3 is 12.4 Å². The summed E-state index contributed by atoms with van der Waals surface area (Å²) in [5.74, 6) is 1.77. The first kappa shape index (κ1) is 26.1. The van der Waals surface area contributed by atoms with Crippen LogP contribution in [0, 0.1) is 24.7 Å². The maximum atomic E-state index is 2.37. The van der Waals surface area contributed by atoms with Gasteiger partial charge in [-0.3, -0.25) is 0 Å². The number of halogens is 1. The molecular formula is C30H32ClSiZr-3. The van der Waals surface area contributed by atoms with Gasteiger partial charge in [-0.2, -0.15) is 0 Å². The van der Waals surface area contributed by atoms with Crippen molar-refractivity contribution in [3.05, 3.63) is 121 Å². The molecule has 0 amide bonds. The Morgan fingerprint density at radius 3 is 1.48 bits per heavy atom. The first-order valence-corrected chi connectivity index (χ1v) is 17.1. The topological polar surface area (TPSA) is 0 Å². The van der Waals surface area contributed by atoms with Crippen LogP contribution in [0.2, 0.25) is 0 Å². The molecule has 6 rings (SSSR count). The average molecular weight is 547 g/mol. The van der Waals surface area contributed by atoms with Crippen LogP contribution in [-0.2, 0) is 23.3 Å². The standard InChI is InChI=1S/C12H10Si.2C9H11.ClH.Zr/c1-3-7-11(8-4-1)13-12-9-5-2-6-10-12;2*1-2-5-9-7-3-6-8(9)4-1;;/h1-10H;2*1-2,4,6,9H,3,5,7H2;1H;/q;2*-1;;/p-1. The number of hydrogen-bond acceptors (Lipinski definition) is 0. The summed E-state index contributed by atoms with van der Waals surface area (Å²) in [4.78, 5) is 0. The minimum atomic E-state index is -0.455. The van der Waals surface area contributed by atoms with E-state index in [-0.39, 0.29) is 12.4 Å². The van der Waals surface area contributed by atoms with E-state index in [9.17, 15) is 0 Å². The Kier molecular flexibility index (Phi) is 11.1. The molecule has 0 saturated heterocycles. The van der Waals surface area contributed by atoms with E-state index in [4.69, 9.17) is 0 Å². The molecule has 0 N–H and O–H groups in total. The van der Waals surface area contributed by atoms with Gasteiger partial charge in [0.2, 0.25) is 0 Å². The van der Waals surface area contributed by atoms with Crippen LogP contribution in [0.1, 0.15) is 38.5 Å². The van der Waals surface area contributed by atoms with Crippen molar-refractivity contribution >= 4 is 15.8 Å². The van der Waals surface area contributed by atoms with Gasteiger partial charge in [-0.25, -0.2) is 36.1 Å². The zero-order chi connectivity index (χ0) is 22.0. The van der Waals surface area contributed by atoms with Gasteiger partial charge in [0.25, 0.3) is 0 Å². The van der Waals surface area contributed by atoms with Crippen LogP contribution in [-0.4, -0.2) is 5.43 Å². The second-order valence-corrected chi connectivity index (χ2v) is 14.3. The molecule has 0 bridgehead atoms. The van der Waals surface area contributed by atoms with Gasteiger partial charge in [0.05, 0.1) is 0 Å². The van der Waals surface area contributed by atoms with Crippen LogP contribution in [0.15, 0.2) is 108 Å². The van der Waals surface area contributed by atoms with Crippen LogP contribution >= 0.6 is 0 Å². The van der Waals surface area contributed by atoms with Crippen molar-refractivity contribution in [3.8, 4) is 0 Å². The van der Waals surface area contributed by atoms with Gasteiger partial charge in [0, 0.05) is 0 Å². The number of allylic oxidation sites excluding steroid dienone is 8. The number of fused-ring (bicyclic) bond motifs is 2. The maximum absolute atomic E-state index is 2.37. The van der Waals surface area contributed by atoms with E-state index < -0.39 is 5.43 Å². The molecule has 33 heavy (non-hydrogen) atoms. The summed E-state index contributed by atoms with van der Waals surface area (Å²) in [6.45, 7) is 0. The minimum absolute atomic E-state index is 0. The van der Waals surface area contributed by atoms with Crippen LogP contribution in [0.25, 0.3) is 0 Å². The molecule has 4 aliphatic rings. The molecule has 2 aromatic carbocycles. The summed E-state index contributed by atoms with van der Waals surface area (Å²) >= 11 is 1.64. The normalized spacial score (nSPS) is 21.1. The Labute approximate surface area is 221 Å². The molecule has 2 fully saturated rings. The Balaban J connectivity index is 0.000000142. The van der Waals surface area contributed by atoms with E-state index >= 15 is 0 Å². The molecule has 2 aromatic rings. The third-order valence-corrected chi connectivity index (χ3v) is 12.6. The third kappa shape index (κ3) is 7.78. The summed E-state index contributed by atoms with van der Waals surface area (Å²) in [6, 6.07) is 21.7. The average Bonchev–Trinajstić information content (AvgIpc) is 3.55. The first-order valence-electron chi connectivity index (χ1n) is 11.9.